The molecule has 1 atom stereocenters. The molecule has 0 aliphatic heterocycles. The maximum Gasteiger partial charge on any atom is 0.0648 e. The molecule has 0 saturated heterocycles. The Morgan fingerprint density at radius 2 is 2.08 bits per heavy atom. The van der Waals surface area contributed by atoms with E-state index in [2.05, 4.69) is 17.1 Å². The zero-order chi connectivity index (χ0) is 9.14. The summed E-state index contributed by atoms with van der Waals surface area (Å²) in [4.78, 5) is 0. The lowest BCUT2D eigenvalue weighted by atomic mass is 10.0. The summed E-state index contributed by atoms with van der Waals surface area (Å²) in [6.07, 6.45) is 0.936. The van der Waals surface area contributed by atoms with Crippen molar-refractivity contribution in [2.45, 2.75) is 33.2 Å². The van der Waals surface area contributed by atoms with E-state index in [9.17, 15) is 0 Å². The summed E-state index contributed by atoms with van der Waals surface area (Å²) in [5, 5.41) is 7.97. The number of nitrogens with two attached hydrogens (primary N) is 1. The average Bonchev–Trinajstić information content (AvgIpc) is 2.08. The highest BCUT2D eigenvalue weighted by atomic mass is 15.1. The van der Waals surface area contributed by atoms with Crippen molar-refractivity contribution < 1.29 is 0 Å². The summed E-state index contributed by atoms with van der Waals surface area (Å²) in [6, 6.07) is 2.11. The van der Waals surface area contributed by atoms with Crippen molar-refractivity contribution in [1.29, 1.82) is 0 Å². The lowest BCUT2D eigenvalue weighted by Gasteiger charge is -2.11. The lowest BCUT2D eigenvalue weighted by molar-refractivity contribution is 0.680. The predicted molar refractivity (Wildman–Crippen MR) is 48.7 cm³/mol. The van der Waals surface area contributed by atoms with Crippen LogP contribution >= 0.6 is 0 Å². The Hall–Kier alpha value is -0.960. The molecule has 3 heteroatoms. The Labute approximate surface area is 73.0 Å². The number of hydrogen-bond donors (Lipinski definition) is 1. The normalized spacial score (nSPS) is 13.0. The minimum absolute atomic E-state index is 0.0965. The second-order valence-electron chi connectivity index (χ2n) is 3.04. The first-order chi connectivity index (χ1) is 5.65. The van der Waals surface area contributed by atoms with E-state index in [0.717, 1.165) is 23.4 Å². The fraction of sp³-hybridized carbons (Fsp3) is 0.556. The SMILES string of the molecule is CCC(N)c1cc(C)nnc1C. The summed E-state index contributed by atoms with van der Waals surface area (Å²) in [6.45, 7) is 5.94. The molecular weight excluding hydrogens is 150 g/mol. The van der Waals surface area contributed by atoms with Crippen molar-refractivity contribution in [3.05, 3.63) is 23.0 Å². The van der Waals surface area contributed by atoms with Gasteiger partial charge in [-0.2, -0.15) is 10.2 Å². The van der Waals surface area contributed by atoms with Gasteiger partial charge in [0.2, 0.25) is 0 Å². The molecule has 0 fully saturated rings. The van der Waals surface area contributed by atoms with E-state index in [1.165, 1.54) is 0 Å². The molecule has 0 spiro atoms. The van der Waals surface area contributed by atoms with Gasteiger partial charge in [-0.05, 0) is 31.9 Å². The molecule has 0 bridgehead atoms. The van der Waals surface area contributed by atoms with Crippen molar-refractivity contribution >= 4 is 0 Å². The molecule has 1 heterocycles. The summed E-state index contributed by atoms with van der Waals surface area (Å²) in [5.74, 6) is 0. The minimum atomic E-state index is 0.0965. The Bertz CT molecular complexity index is 270. The zero-order valence-corrected chi connectivity index (χ0v) is 7.83. The molecule has 1 rings (SSSR count). The van der Waals surface area contributed by atoms with Crippen LogP contribution in [-0.2, 0) is 0 Å². The maximum atomic E-state index is 5.90. The van der Waals surface area contributed by atoms with Crippen LogP contribution in [0, 0.1) is 13.8 Å². The molecule has 1 aromatic rings. The van der Waals surface area contributed by atoms with Crippen molar-refractivity contribution in [3.63, 3.8) is 0 Å². The number of aryl methyl sites for hydroxylation is 2. The van der Waals surface area contributed by atoms with Gasteiger partial charge in [-0.25, -0.2) is 0 Å². The predicted octanol–water partition coefficient (Wildman–Crippen LogP) is 1.50. The fourth-order valence-corrected chi connectivity index (χ4v) is 1.17. The molecule has 3 nitrogen and oxygen atoms in total. The van der Waals surface area contributed by atoms with Gasteiger partial charge >= 0.3 is 0 Å². The van der Waals surface area contributed by atoms with Gasteiger partial charge in [0.25, 0.3) is 0 Å². The molecule has 1 aromatic heterocycles. The van der Waals surface area contributed by atoms with E-state index in [4.69, 9.17) is 5.73 Å². The molecule has 1 unspecified atom stereocenters. The minimum Gasteiger partial charge on any atom is -0.324 e. The second-order valence-corrected chi connectivity index (χ2v) is 3.04. The van der Waals surface area contributed by atoms with Gasteiger partial charge in [0.15, 0.2) is 0 Å². The summed E-state index contributed by atoms with van der Waals surface area (Å²) in [5.41, 5.74) is 8.88. The zero-order valence-electron chi connectivity index (χ0n) is 7.83. The number of rotatable bonds is 2. The number of aromatic nitrogens is 2. The van der Waals surface area contributed by atoms with Crippen LogP contribution in [0.2, 0.25) is 0 Å². The lowest BCUT2D eigenvalue weighted by Crippen LogP contribution is -2.12. The van der Waals surface area contributed by atoms with Crippen LogP contribution in [0.3, 0.4) is 0 Å². The average molecular weight is 165 g/mol. The molecule has 0 saturated carbocycles. The number of hydrogen-bond acceptors (Lipinski definition) is 3. The van der Waals surface area contributed by atoms with Crippen molar-refractivity contribution in [2.75, 3.05) is 0 Å². The third-order valence-corrected chi connectivity index (χ3v) is 1.98. The first kappa shape index (κ1) is 9.13. The van der Waals surface area contributed by atoms with Gasteiger partial charge in [-0.3, -0.25) is 0 Å². The molecule has 66 valence electrons. The van der Waals surface area contributed by atoms with Crippen molar-refractivity contribution in [2.24, 2.45) is 5.73 Å². The molecule has 0 amide bonds. The van der Waals surface area contributed by atoms with E-state index in [-0.39, 0.29) is 6.04 Å². The van der Waals surface area contributed by atoms with E-state index in [0.29, 0.717) is 0 Å². The van der Waals surface area contributed by atoms with Gasteiger partial charge in [0.1, 0.15) is 0 Å². The third-order valence-electron chi connectivity index (χ3n) is 1.98. The Morgan fingerprint density at radius 1 is 1.42 bits per heavy atom. The smallest absolute Gasteiger partial charge is 0.0648 e. The third kappa shape index (κ3) is 1.80. The second kappa shape index (κ2) is 3.63. The molecule has 0 aromatic carbocycles. The quantitative estimate of drug-likeness (QED) is 0.722. The van der Waals surface area contributed by atoms with E-state index in [1.54, 1.807) is 0 Å². The van der Waals surface area contributed by atoms with Crippen LogP contribution in [-0.4, -0.2) is 10.2 Å². The molecular formula is C9H15N3. The highest BCUT2D eigenvalue weighted by molar-refractivity contribution is 5.22. The van der Waals surface area contributed by atoms with Crippen LogP contribution in [0.4, 0.5) is 0 Å². The van der Waals surface area contributed by atoms with E-state index >= 15 is 0 Å². The molecule has 0 aliphatic rings. The molecule has 0 aliphatic carbocycles. The van der Waals surface area contributed by atoms with Gasteiger partial charge in [0.05, 0.1) is 11.4 Å². The van der Waals surface area contributed by atoms with Gasteiger partial charge in [0, 0.05) is 6.04 Å². The van der Waals surface area contributed by atoms with E-state index < -0.39 is 0 Å². The Kier molecular flexibility index (Phi) is 2.76. The van der Waals surface area contributed by atoms with Crippen LogP contribution in [0.5, 0.6) is 0 Å². The van der Waals surface area contributed by atoms with Crippen LogP contribution in [0.1, 0.15) is 36.3 Å². The van der Waals surface area contributed by atoms with Gasteiger partial charge in [-0.1, -0.05) is 6.92 Å². The standard InChI is InChI=1S/C9H15N3/c1-4-9(10)8-5-6(2)11-12-7(8)3/h5,9H,4,10H2,1-3H3. The van der Waals surface area contributed by atoms with Gasteiger partial charge in [-0.15, -0.1) is 0 Å². The first-order valence-corrected chi connectivity index (χ1v) is 4.21. The van der Waals surface area contributed by atoms with Crippen molar-refractivity contribution in [3.8, 4) is 0 Å². The molecule has 12 heavy (non-hydrogen) atoms. The Morgan fingerprint density at radius 3 is 2.67 bits per heavy atom. The van der Waals surface area contributed by atoms with Crippen LogP contribution < -0.4 is 5.73 Å². The highest BCUT2D eigenvalue weighted by Gasteiger charge is 2.07. The summed E-state index contributed by atoms with van der Waals surface area (Å²) in [7, 11) is 0. The largest absolute Gasteiger partial charge is 0.324 e. The topological polar surface area (TPSA) is 51.8 Å². The summed E-state index contributed by atoms with van der Waals surface area (Å²) < 4.78 is 0. The highest BCUT2D eigenvalue weighted by Crippen LogP contribution is 2.16. The molecule has 2 N–H and O–H groups in total. The summed E-state index contributed by atoms with van der Waals surface area (Å²) >= 11 is 0. The van der Waals surface area contributed by atoms with Crippen LogP contribution in [0.25, 0.3) is 0 Å². The van der Waals surface area contributed by atoms with Gasteiger partial charge < -0.3 is 5.73 Å². The van der Waals surface area contributed by atoms with Crippen molar-refractivity contribution in [1.82, 2.24) is 10.2 Å². The van der Waals surface area contributed by atoms with Crippen LogP contribution in [0.15, 0.2) is 6.07 Å². The number of nitrogens with zero attached hydrogens (tertiary/aromatic N) is 2. The first-order valence-electron chi connectivity index (χ1n) is 4.21. The maximum absolute atomic E-state index is 5.90. The Balaban J connectivity index is 3.04. The fourth-order valence-electron chi connectivity index (χ4n) is 1.17. The van der Waals surface area contributed by atoms with E-state index in [1.807, 2.05) is 19.9 Å². The molecule has 0 radical (unpaired) electrons. The monoisotopic (exact) mass is 165 g/mol.